The normalized spacial score (nSPS) is 21.4. The molecule has 4 rings (SSSR count). The predicted octanol–water partition coefficient (Wildman–Crippen LogP) is 2.19. The Bertz CT molecular complexity index is 911. The van der Waals surface area contributed by atoms with E-state index < -0.39 is 12.1 Å². The van der Waals surface area contributed by atoms with E-state index >= 15 is 0 Å². The van der Waals surface area contributed by atoms with Crippen molar-refractivity contribution in [2.24, 2.45) is 0 Å². The van der Waals surface area contributed by atoms with Gasteiger partial charge < -0.3 is 19.7 Å². The SMILES string of the molecule is COc1ccc([C@@H]2[C@@H](C(=O)NCCc3ncccc3C)OCC(=O)N2C2CC2)cc1. The molecule has 2 aromatic rings. The maximum atomic E-state index is 13.1. The van der Waals surface area contributed by atoms with Gasteiger partial charge >= 0.3 is 0 Å². The molecule has 0 unspecified atom stereocenters. The summed E-state index contributed by atoms with van der Waals surface area (Å²) in [6, 6.07) is 11.1. The molecule has 2 heterocycles. The van der Waals surface area contributed by atoms with Crippen LogP contribution in [0.2, 0.25) is 0 Å². The van der Waals surface area contributed by atoms with E-state index in [1.165, 1.54) is 0 Å². The zero-order valence-corrected chi connectivity index (χ0v) is 17.3. The van der Waals surface area contributed by atoms with Crippen molar-refractivity contribution < 1.29 is 19.1 Å². The third-order valence-electron chi connectivity index (χ3n) is 5.70. The first kappa shape index (κ1) is 20.3. The minimum absolute atomic E-state index is 0.0634. The monoisotopic (exact) mass is 409 g/mol. The van der Waals surface area contributed by atoms with Gasteiger partial charge in [0.25, 0.3) is 5.91 Å². The molecule has 1 aliphatic carbocycles. The highest BCUT2D eigenvalue weighted by atomic mass is 16.5. The Morgan fingerprint density at radius 1 is 1.27 bits per heavy atom. The van der Waals surface area contributed by atoms with E-state index in [1.807, 2.05) is 48.2 Å². The first-order valence-corrected chi connectivity index (χ1v) is 10.3. The van der Waals surface area contributed by atoms with Gasteiger partial charge in [0.15, 0.2) is 6.10 Å². The number of morpholine rings is 1. The second kappa shape index (κ2) is 8.83. The molecule has 7 nitrogen and oxygen atoms in total. The number of pyridine rings is 1. The Labute approximate surface area is 176 Å². The van der Waals surface area contributed by atoms with Crippen LogP contribution in [-0.4, -0.2) is 54.1 Å². The molecule has 2 aliphatic rings. The molecule has 30 heavy (non-hydrogen) atoms. The van der Waals surface area contributed by atoms with Crippen LogP contribution in [0.1, 0.15) is 35.7 Å². The Balaban J connectivity index is 1.50. The molecule has 158 valence electrons. The average molecular weight is 409 g/mol. The lowest BCUT2D eigenvalue weighted by atomic mass is 9.96. The zero-order valence-electron chi connectivity index (χ0n) is 17.3. The molecule has 2 fully saturated rings. The summed E-state index contributed by atoms with van der Waals surface area (Å²) >= 11 is 0. The van der Waals surface area contributed by atoms with Crippen LogP contribution >= 0.6 is 0 Å². The molecule has 7 heteroatoms. The number of aromatic nitrogens is 1. The topological polar surface area (TPSA) is 80.8 Å². The second-order valence-electron chi connectivity index (χ2n) is 7.79. The third-order valence-corrected chi connectivity index (χ3v) is 5.70. The minimum Gasteiger partial charge on any atom is -0.497 e. The highest BCUT2D eigenvalue weighted by Gasteiger charge is 2.47. The van der Waals surface area contributed by atoms with Gasteiger partial charge in [0.05, 0.1) is 13.2 Å². The molecular weight excluding hydrogens is 382 g/mol. The number of aryl methyl sites for hydroxylation is 1. The van der Waals surface area contributed by atoms with Crippen molar-refractivity contribution in [1.82, 2.24) is 15.2 Å². The number of hydrogen-bond acceptors (Lipinski definition) is 5. The zero-order chi connectivity index (χ0) is 21.1. The van der Waals surface area contributed by atoms with Gasteiger partial charge in [0.2, 0.25) is 5.91 Å². The summed E-state index contributed by atoms with van der Waals surface area (Å²) in [4.78, 5) is 31.9. The fourth-order valence-electron chi connectivity index (χ4n) is 3.95. The molecule has 1 aromatic heterocycles. The van der Waals surface area contributed by atoms with Crippen LogP contribution in [0.25, 0.3) is 0 Å². The molecule has 1 aromatic carbocycles. The van der Waals surface area contributed by atoms with E-state index in [2.05, 4.69) is 10.3 Å². The van der Waals surface area contributed by atoms with Gasteiger partial charge in [-0.25, -0.2) is 0 Å². The van der Waals surface area contributed by atoms with E-state index in [1.54, 1.807) is 13.3 Å². The molecule has 1 saturated carbocycles. The minimum atomic E-state index is -0.749. The molecular formula is C23H27N3O4. The summed E-state index contributed by atoms with van der Waals surface area (Å²) in [7, 11) is 1.61. The van der Waals surface area contributed by atoms with Gasteiger partial charge in [-0.05, 0) is 49.1 Å². The summed E-state index contributed by atoms with van der Waals surface area (Å²) in [5.41, 5.74) is 2.93. The lowest BCUT2D eigenvalue weighted by Gasteiger charge is -2.40. The van der Waals surface area contributed by atoms with Crippen LogP contribution in [0.3, 0.4) is 0 Å². The van der Waals surface area contributed by atoms with Crippen molar-refractivity contribution in [3.05, 3.63) is 59.4 Å². The van der Waals surface area contributed by atoms with E-state index in [-0.39, 0.29) is 24.5 Å². The summed E-state index contributed by atoms with van der Waals surface area (Å²) in [6.07, 6.45) is 3.58. The maximum absolute atomic E-state index is 13.1. The number of rotatable bonds is 7. The lowest BCUT2D eigenvalue weighted by molar-refractivity contribution is -0.165. The molecule has 1 N–H and O–H groups in total. The molecule has 0 spiro atoms. The number of carbonyl (C=O) groups excluding carboxylic acids is 2. The first-order chi connectivity index (χ1) is 14.6. The number of amides is 2. The van der Waals surface area contributed by atoms with E-state index in [4.69, 9.17) is 9.47 Å². The largest absolute Gasteiger partial charge is 0.497 e. The van der Waals surface area contributed by atoms with Gasteiger partial charge in [-0.15, -0.1) is 0 Å². The van der Waals surface area contributed by atoms with Crippen LogP contribution in [0.15, 0.2) is 42.6 Å². The summed E-state index contributed by atoms with van der Waals surface area (Å²) < 4.78 is 11.0. The standard InChI is InChI=1S/C23H27N3O4/c1-15-4-3-12-24-19(15)11-13-25-23(28)22-21(16-5-9-18(29-2)10-6-16)26(17-7-8-17)20(27)14-30-22/h3-6,9-10,12,17,21-22H,7-8,11,13-14H2,1-2H3,(H,25,28)/t21-,22+/m1/s1. The van der Waals surface area contributed by atoms with Gasteiger partial charge in [0.1, 0.15) is 12.4 Å². The van der Waals surface area contributed by atoms with Gasteiger partial charge in [-0.3, -0.25) is 14.6 Å². The van der Waals surface area contributed by atoms with Gasteiger partial charge in [-0.2, -0.15) is 0 Å². The number of nitrogens with zero attached hydrogens (tertiary/aromatic N) is 2. The van der Waals surface area contributed by atoms with Crippen molar-refractivity contribution in [2.75, 3.05) is 20.3 Å². The molecule has 0 radical (unpaired) electrons. The molecule has 1 saturated heterocycles. The molecule has 0 bridgehead atoms. The van der Waals surface area contributed by atoms with Gasteiger partial charge in [-0.1, -0.05) is 18.2 Å². The number of nitrogens with one attached hydrogen (secondary N) is 1. The fourth-order valence-corrected chi connectivity index (χ4v) is 3.95. The van der Waals surface area contributed by atoms with Crippen molar-refractivity contribution in [3.63, 3.8) is 0 Å². The Kier molecular flexibility index (Phi) is 5.99. The quantitative estimate of drug-likeness (QED) is 0.758. The number of hydrogen-bond donors (Lipinski definition) is 1. The molecule has 1 aliphatic heterocycles. The Morgan fingerprint density at radius 2 is 2.03 bits per heavy atom. The lowest BCUT2D eigenvalue weighted by Crippen LogP contribution is -2.55. The van der Waals surface area contributed by atoms with Crippen LogP contribution in [0.5, 0.6) is 5.75 Å². The Morgan fingerprint density at radius 3 is 2.70 bits per heavy atom. The number of ether oxygens (including phenoxy) is 2. The smallest absolute Gasteiger partial charge is 0.251 e. The number of benzene rings is 1. The highest BCUT2D eigenvalue weighted by molar-refractivity contribution is 5.86. The maximum Gasteiger partial charge on any atom is 0.251 e. The second-order valence-corrected chi connectivity index (χ2v) is 7.79. The third kappa shape index (κ3) is 4.31. The first-order valence-electron chi connectivity index (χ1n) is 10.3. The summed E-state index contributed by atoms with van der Waals surface area (Å²) in [5.74, 6) is 0.459. The van der Waals surface area contributed by atoms with Crippen molar-refractivity contribution in [1.29, 1.82) is 0 Å². The van der Waals surface area contributed by atoms with Crippen molar-refractivity contribution >= 4 is 11.8 Å². The van der Waals surface area contributed by atoms with Crippen molar-refractivity contribution in [3.8, 4) is 5.75 Å². The van der Waals surface area contributed by atoms with Crippen LogP contribution < -0.4 is 10.1 Å². The van der Waals surface area contributed by atoms with E-state index in [0.29, 0.717) is 13.0 Å². The number of methoxy groups -OCH3 is 1. The van der Waals surface area contributed by atoms with Crippen molar-refractivity contribution in [2.45, 2.75) is 44.4 Å². The van der Waals surface area contributed by atoms with Crippen LogP contribution in [-0.2, 0) is 20.7 Å². The fraction of sp³-hybridized carbons (Fsp3) is 0.435. The highest BCUT2D eigenvalue weighted by Crippen LogP contribution is 2.39. The predicted molar refractivity (Wildman–Crippen MR) is 111 cm³/mol. The molecule has 2 atom stereocenters. The van der Waals surface area contributed by atoms with E-state index in [0.717, 1.165) is 35.4 Å². The van der Waals surface area contributed by atoms with Gasteiger partial charge in [0, 0.05) is 30.9 Å². The number of carbonyl (C=O) groups is 2. The summed E-state index contributed by atoms with van der Waals surface area (Å²) in [5, 5.41) is 2.98. The van der Waals surface area contributed by atoms with E-state index in [9.17, 15) is 9.59 Å². The summed E-state index contributed by atoms with van der Waals surface area (Å²) in [6.45, 7) is 2.40. The average Bonchev–Trinajstić information content (AvgIpc) is 3.60. The molecule has 2 amide bonds. The Hall–Kier alpha value is -2.93. The van der Waals surface area contributed by atoms with Crippen LogP contribution in [0, 0.1) is 6.92 Å². The van der Waals surface area contributed by atoms with Crippen LogP contribution in [0.4, 0.5) is 0 Å².